The average Bonchev–Trinajstić information content (AvgIpc) is 3.42. The molecule has 0 spiro atoms. The van der Waals surface area contributed by atoms with Crippen LogP contribution >= 0.6 is 0 Å². The molecule has 0 fully saturated rings. The molecule has 0 amide bonds. The van der Waals surface area contributed by atoms with Crippen molar-refractivity contribution in [2.75, 3.05) is 13.2 Å². The van der Waals surface area contributed by atoms with Gasteiger partial charge in [-0.05, 0) is 19.3 Å². The quantitative estimate of drug-likeness (QED) is 0.0343. The van der Waals surface area contributed by atoms with E-state index in [1.54, 1.807) is 0 Å². The van der Waals surface area contributed by atoms with E-state index in [1.165, 1.54) is 315 Å². The average molecular weight is 1070 g/mol. The van der Waals surface area contributed by atoms with E-state index in [0.29, 0.717) is 19.3 Å². The Labute approximate surface area is 476 Å². The van der Waals surface area contributed by atoms with Gasteiger partial charge in [0, 0.05) is 19.3 Å². The molecule has 0 aliphatic heterocycles. The zero-order valence-electron chi connectivity index (χ0n) is 52.1. The Hall–Kier alpha value is -1.59. The van der Waals surface area contributed by atoms with Crippen LogP contribution in [0.2, 0.25) is 0 Å². The molecule has 0 aromatic heterocycles. The van der Waals surface area contributed by atoms with Gasteiger partial charge in [0.2, 0.25) is 0 Å². The topological polar surface area (TPSA) is 78.9 Å². The van der Waals surface area contributed by atoms with Gasteiger partial charge >= 0.3 is 17.9 Å². The molecular formula is C70H136O6. The monoisotopic (exact) mass is 1070 g/mol. The first-order chi connectivity index (χ1) is 37.5. The maximum absolute atomic E-state index is 12.9. The van der Waals surface area contributed by atoms with Crippen molar-refractivity contribution in [2.24, 2.45) is 0 Å². The summed E-state index contributed by atoms with van der Waals surface area (Å²) in [4.78, 5) is 38.1. The number of ether oxygens (including phenoxy) is 3. The molecule has 0 rings (SSSR count). The van der Waals surface area contributed by atoms with Crippen molar-refractivity contribution < 1.29 is 28.6 Å². The van der Waals surface area contributed by atoms with Crippen LogP contribution in [0.4, 0.5) is 0 Å². The Balaban J connectivity index is 3.94. The molecule has 0 saturated heterocycles. The molecule has 0 aliphatic carbocycles. The lowest BCUT2D eigenvalue weighted by Gasteiger charge is -2.18. The minimum absolute atomic E-state index is 0.0617. The number of unbranched alkanes of at least 4 members (excludes halogenated alkanes) is 55. The van der Waals surface area contributed by atoms with Gasteiger partial charge in [-0.25, -0.2) is 0 Å². The lowest BCUT2D eigenvalue weighted by Crippen LogP contribution is -2.30. The number of hydrogen-bond donors (Lipinski definition) is 0. The van der Waals surface area contributed by atoms with E-state index in [-0.39, 0.29) is 31.1 Å². The van der Waals surface area contributed by atoms with Crippen molar-refractivity contribution in [3.63, 3.8) is 0 Å². The molecule has 0 saturated carbocycles. The summed E-state index contributed by atoms with van der Waals surface area (Å²) in [5.74, 6) is -0.837. The molecule has 0 heterocycles. The van der Waals surface area contributed by atoms with Crippen molar-refractivity contribution in [1.29, 1.82) is 0 Å². The maximum Gasteiger partial charge on any atom is 0.306 e. The third kappa shape index (κ3) is 63.2. The molecule has 6 heteroatoms. The van der Waals surface area contributed by atoms with Crippen LogP contribution in [-0.4, -0.2) is 37.2 Å². The van der Waals surface area contributed by atoms with Crippen LogP contribution in [0, 0.1) is 0 Å². The lowest BCUT2D eigenvalue weighted by atomic mass is 10.0. The first kappa shape index (κ1) is 74.4. The predicted octanol–water partition coefficient (Wildman–Crippen LogP) is 23.8. The van der Waals surface area contributed by atoms with E-state index in [9.17, 15) is 14.4 Å². The van der Waals surface area contributed by atoms with Crippen LogP contribution in [-0.2, 0) is 28.6 Å². The van der Waals surface area contributed by atoms with Gasteiger partial charge in [-0.2, -0.15) is 0 Å². The summed E-state index contributed by atoms with van der Waals surface area (Å²) in [6, 6.07) is 0. The van der Waals surface area contributed by atoms with Crippen molar-refractivity contribution in [3.8, 4) is 0 Å². The molecule has 76 heavy (non-hydrogen) atoms. The molecule has 0 radical (unpaired) electrons. The zero-order valence-corrected chi connectivity index (χ0v) is 52.1. The molecule has 1 atom stereocenters. The van der Waals surface area contributed by atoms with E-state index >= 15 is 0 Å². The van der Waals surface area contributed by atoms with Gasteiger partial charge in [0.1, 0.15) is 13.2 Å². The second-order valence-electron chi connectivity index (χ2n) is 24.2. The molecular weight excluding hydrogens is 937 g/mol. The van der Waals surface area contributed by atoms with Gasteiger partial charge in [-0.1, -0.05) is 374 Å². The number of carbonyl (C=O) groups excluding carboxylic acids is 3. The third-order valence-electron chi connectivity index (χ3n) is 16.4. The highest BCUT2D eigenvalue weighted by molar-refractivity contribution is 5.71. The van der Waals surface area contributed by atoms with Crippen LogP contribution < -0.4 is 0 Å². The molecule has 0 bridgehead atoms. The maximum atomic E-state index is 12.9. The van der Waals surface area contributed by atoms with Gasteiger partial charge in [0.25, 0.3) is 0 Å². The van der Waals surface area contributed by atoms with E-state index in [0.717, 1.165) is 57.8 Å². The Kier molecular flexibility index (Phi) is 64.5. The molecule has 452 valence electrons. The van der Waals surface area contributed by atoms with Crippen LogP contribution in [0.5, 0.6) is 0 Å². The van der Waals surface area contributed by atoms with E-state index in [2.05, 4.69) is 20.8 Å². The second kappa shape index (κ2) is 65.9. The predicted molar refractivity (Wildman–Crippen MR) is 330 cm³/mol. The van der Waals surface area contributed by atoms with Crippen LogP contribution in [0.25, 0.3) is 0 Å². The molecule has 6 nitrogen and oxygen atoms in total. The van der Waals surface area contributed by atoms with Crippen molar-refractivity contribution in [3.05, 3.63) is 0 Å². The van der Waals surface area contributed by atoms with E-state index in [1.807, 2.05) is 0 Å². The van der Waals surface area contributed by atoms with Gasteiger partial charge in [-0.15, -0.1) is 0 Å². The van der Waals surface area contributed by atoms with Gasteiger partial charge in [-0.3, -0.25) is 14.4 Å². The summed E-state index contributed by atoms with van der Waals surface area (Å²) in [5.41, 5.74) is 0. The minimum atomic E-state index is -0.761. The summed E-state index contributed by atoms with van der Waals surface area (Å²) >= 11 is 0. The van der Waals surface area contributed by atoms with E-state index < -0.39 is 6.10 Å². The molecule has 1 unspecified atom stereocenters. The smallest absolute Gasteiger partial charge is 0.306 e. The van der Waals surface area contributed by atoms with Gasteiger partial charge in [0.15, 0.2) is 6.10 Å². The Morgan fingerprint density at radius 1 is 0.211 bits per heavy atom. The van der Waals surface area contributed by atoms with Crippen LogP contribution in [0.15, 0.2) is 0 Å². The van der Waals surface area contributed by atoms with Crippen molar-refractivity contribution in [2.45, 2.75) is 419 Å². The number of carbonyl (C=O) groups is 3. The zero-order chi connectivity index (χ0) is 55.0. The van der Waals surface area contributed by atoms with Crippen molar-refractivity contribution >= 4 is 17.9 Å². The molecule has 0 aromatic carbocycles. The standard InChI is InChI=1S/C70H136O6/c1-4-7-10-13-16-18-20-22-24-26-28-30-32-34-35-36-37-39-40-42-44-46-48-50-52-54-57-60-63-69(72)75-66-67(65-74-68(71)62-59-56-15-12-9-6-3)76-70(73)64-61-58-55-53-51-49-47-45-43-41-38-33-31-29-27-25-23-21-19-17-14-11-8-5-2/h67H,4-66H2,1-3H3. The highest BCUT2D eigenvalue weighted by atomic mass is 16.6. The van der Waals surface area contributed by atoms with Crippen molar-refractivity contribution in [1.82, 2.24) is 0 Å². The molecule has 0 aromatic rings. The first-order valence-electron chi connectivity index (χ1n) is 35.0. The Bertz CT molecular complexity index is 1140. The first-order valence-corrected chi connectivity index (χ1v) is 35.0. The largest absolute Gasteiger partial charge is 0.462 e. The highest BCUT2D eigenvalue weighted by Crippen LogP contribution is 2.19. The number of esters is 3. The summed E-state index contributed by atoms with van der Waals surface area (Å²) in [7, 11) is 0. The second-order valence-corrected chi connectivity index (χ2v) is 24.2. The minimum Gasteiger partial charge on any atom is -0.462 e. The Morgan fingerprint density at radius 3 is 0.526 bits per heavy atom. The number of hydrogen-bond acceptors (Lipinski definition) is 6. The fraction of sp³-hybridized carbons (Fsp3) is 0.957. The van der Waals surface area contributed by atoms with E-state index in [4.69, 9.17) is 14.2 Å². The molecule has 0 N–H and O–H groups in total. The Morgan fingerprint density at radius 2 is 0.355 bits per heavy atom. The van der Waals surface area contributed by atoms with Gasteiger partial charge in [0.05, 0.1) is 0 Å². The fourth-order valence-corrected chi connectivity index (χ4v) is 11.1. The normalized spacial score (nSPS) is 11.9. The van der Waals surface area contributed by atoms with Gasteiger partial charge < -0.3 is 14.2 Å². The summed E-state index contributed by atoms with van der Waals surface area (Å²) < 4.78 is 16.9. The number of rotatable bonds is 66. The SMILES string of the molecule is CCCCCCCCCCCCCCCCCCCCCCCCCCCCCCC(=O)OCC(COC(=O)CCCCCCCC)OC(=O)CCCCCCCCCCCCCCCCCCCCCCCCCC. The third-order valence-corrected chi connectivity index (χ3v) is 16.4. The van der Waals surface area contributed by atoms with Crippen LogP contribution in [0.3, 0.4) is 0 Å². The summed E-state index contributed by atoms with van der Waals surface area (Å²) in [6.07, 6.45) is 77.6. The lowest BCUT2D eigenvalue weighted by molar-refractivity contribution is -0.167. The molecule has 0 aliphatic rings. The fourth-order valence-electron chi connectivity index (χ4n) is 11.1. The highest BCUT2D eigenvalue weighted by Gasteiger charge is 2.19. The summed E-state index contributed by atoms with van der Waals surface area (Å²) in [6.45, 7) is 6.67. The summed E-state index contributed by atoms with van der Waals surface area (Å²) in [5, 5.41) is 0. The van der Waals surface area contributed by atoms with Crippen LogP contribution in [0.1, 0.15) is 412 Å².